The monoisotopic (exact) mass is 381 g/mol. The van der Waals surface area contributed by atoms with E-state index in [1.54, 1.807) is 22.9 Å². The Bertz CT molecular complexity index is 782. The standard InChI is InChI=1S/C19H27NO7/c1-19(2,26)14(22)7-10-8-20(12-6-4-3-5-11(10)12)18-17(25)16(24)15(23)13(9-21)27-18/h3-6,8,13-18,21-26H,7,9H2,1-2H3/t13-,14+,15-,16+,17-,18-/m1/s1. The number of benzene rings is 1. The van der Waals surface area contributed by atoms with Crippen LogP contribution in [0.1, 0.15) is 25.6 Å². The lowest BCUT2D eigenvalue weighted by molar-refractivity contribution is -0.250. The van der Waals surface area contributed by atoms with Crippen molar-refractivity contribution in [2.24, 2.45) is 0 Å². The number of hydrogen-bond acceptors (Lipinski definition) is 7. The van der Waals surface area contributed by atoms with Gasteiger partial charge in [0.05, 0.1) is 23.8 Å². The van der Waals surface area contributed by atoms with Crippen molar-refractivity contribution < 1.29 is 35.4 Å². The van der Waals surface area contributed by atoms with Crippen LogP contribution in [0.3, 0.4) is 0 Å². The van der Waals surface area contributed by atoms with E-state index in [1.807, 2.05) is 12.1 Å². The van der Waals surface area contributed by atoms with Gasteiger partial charge in [-0.1, -0.05) is 18.2 Å². The van der Waals surface area contributed by atoms with Crippen LogP contribution in [-0.4, -0.2) is 77.9 Å². The molecule has 2 heterocycles. The molecule has 1 aliphatic rings. The third-order valence-electron chi connectivity index (χ3n) is 5.19. The van der Waals surface area contributed by atoms with Gasteiger partial charge in [-0.2, -0.15) is 0 Å². The van der Waals surface area contributed by atoms with Gasteiger partial charge < -0.3 is 39.9 Å². The number of nitrogens with zero attached hydrogens (tertiary/aromatic N) is 1. The first-order chi connectivity index (χ1) is 12.6. The summed E-state index contributed by atoms with van der Waals surface area (Å²) in [7, 11) is 0. The number of rotatable bonds is 5. The summed E-state index contributed by atoms with van der Waals surface area (Å²) in [5.41, 5.74) is 0.142. The fourth-order valence-electron chi connectivity index (χ4n) is 3.42. The second kappa shape index (κ2) is 7.48. The van der Waals surface area contributed by atoms with E-state index in [0.29, 0.717) is 5.52 Å². The molecule has 1 aromatic heterocycles. The molecule has 1 aliphatic heterocycles. The van der Waals surface area contributed by atoms with Crippen molar-refractivity contribution >= 4 is 10.9 Å². The molecule has 1 aromatic carbocycles. The number of fused-ring (bicyclic) bond motifs is 1. The van der Waals surface area contributed by atoms with Gasteiger partial charge in [-0.25, -0.2) is 0 Å². The molecule has 0 saturated carbocycles. The molecule has 0 radical (unpaired) electrons. The van der Waals surface area contributed by atoms with Crippen molar-refractivity contribution in [2.45, 2.75) is 62.6 Å². The summed E-state index contributed by atoms with van der Waals surface area (Å²) >= 11 is 0. The molecule has 8 nitrogen and oxygen atoms in total. The van der Waals surface area contributed by atoms with Crippen LogP contribution in [0.5, 0.6) is 0 Å². The molecule has 0 spiro atoms. The molecule has 1 saturated heterocycles. The van der Waals surface area contributed by atoms with Crippen molar-refractivity contribution in [1.29, 1.82) is 0 Å². The maximum atomic E-state index is 10.4. The second-order valence-electron chi connectivity index (χ2n) is 7.67. The van der Waals surface area contributed by atoms with Crippen LogP contribution in [0.4, 0.5) is 0 Å². The predicted molar refractivity (Wildman–Crippen MR) is 97.0 cm³/mol. The zero-order chi connectivity index (χ0) is 19.9. The maximum Gasteiger partial charge on any atom is 0.163 e. The van der Waals surface area contributed by atoms with E-state index in [2.05, 4.69) is 0 Å². The number of aliphatic hydroxyl groups is 6. The quantitative estimate of drug-likeness (QED) is 0.403. The summed E-state index contributed by atoms with van der Waals surface area (Å²) in [6, 6.07) is 7.29. The molecule has 8 heteroatoms. The molecule has 6 N–H and O–H groups in total. The Morgan fingerprint density at radius 2 is 1.78 bits per heavy atom. The van der Waals surface area contributed by atoms with Crippen LogP contribution in [-0.2, 0) is 11.2 Å². The molecule has 0 aliphatic carbocycles. The summed E-state index contributed by atoms with van der Waals surface area (Å²) in [6.07, 6.45) is -5.51. The minimum Gasteiger partial charge on any atom is -0.394 e. The van der Waals surface area contributed by atoms with Crippen molar-refractivity contribution in [3.8, 4) is 0 Å². The summed E-state index contributed by atoms with van der Waals surface area (Å²) < 4.78 is 7.27. The van der Waals surface area contributed by atoms with Gasteiger partial charge in [0.15, 0.2) is 6.23 Å². The molecule has 0 unspecified atom stereocenters. The number of para-hydroxylation sites is 1. The first-order valence-electron chi connectivity index (χ1n) is 8.94. The minimum atomic E-state index is -1.48. The van der Waals surface area contributed by atoms with Crippen molar-refractivity contribution in [3.63, 3.8) is 0 Å². The van der Waals surface area contributed by atoms with Crippen molar-refractivity contribution in [1.82, 2.24) is 4.57 Å². The Morgan fingerprint density at radius 3 is 2.41 bits per heavy atom. The van der Waals surface area contributed by atoms with Gasteiger partial charge in [-0.15, -0.1) is 0 Å². The Morgan fingerprint density at radius 1 is 1.11 bits per heavy atom. The summed E-state index contributed by atoms with van der Waals surface area (Å²) in [5.74, 6) is 0. The zero-order valence-electron chi connectivity index (χ0n) is 15.3. The van der Waals surface area contributed by atoms with Gasteiger partial charge in [0.25, 0.3) is 0 Å². The Balaban J connectivity index is 2.02. The molecule has 2 aromatic rings. The molecular weight excluding hydrogens is 354 g/mol. The third kappa shape index (κ3) is 3.74. The van der Waals surface area contributed by atoms with Gasteiger partial charge >= 0.3 is 0 Å². The third-order valence-corrected chi connectivity index (χ3v) is 5.19. The number of aromatic nitrogens is 1. The topological polar surface area (TPSA) is 136 Å². The van der Waals surface area contributed by atoms with Crippen molar-refractivity contribution in [2.75, 3.05) is 6.61 Å². The molecule has 1 fully saturated rings. The average molecular weight is 381 g/mol. The highest BCUT2D eigenvalue weighted by Crippen LogP contribution is 2.34. The van der Waals surface area contributed by atoms with Crippen molar-refractivity contribution in [3.05, 3.63) is 36.0 Å². The number of ether oxygens (including phenoxy) is 1. The smallest absolute Gasteiger partial charge is 0.163 e. The molecule has 0 bridgehead atoms. The van der Waals surface area contributed by atoms with Gasteiger partial charge in [0.1, 0.15) is 24.4 Å². The van der Waals surface area contributed by atoms with Gasteiger partial charge in [-0.3, -0.25) is 0 Å². The molecule has 3 rings (SSSR count). The fraction of sp³-hybridized carbons (Fsp3) is 0.579. The lowest BCUT2D eigenvalue weighted by Gasteiger charge is -2.40. The summed E-state index contributed by atoms with van der Waals surface area (Å²) in [6.45, 7) is 2.54. The van der Waals surface area contributed by atoms with E-state index in [9.17, 15) is 30.6 Å². The van der Waals surface area contributed by atoms with E-state index in [0.717, 1.165) is 10.9 Å². The highest BCUT2D eigenvalue weighted by Gasteiger charge is 2.44. The highest BCUT2D eigenvalue weighted by molar-refractivity contribution is 5.84. The number of aliphatic hydroxyl groups excluding tert-OH is 5. The zero-order valence-corrected chi connectivity index (χ0v) is 15.3. The van der Waals surface area contributed by atoms with E-state index < -0.39 is 49.0 Å². The highest BCUT2D eigenvalue weighted by atomic mass is 16.6. The van der Waals surface area contributed by atoms with E-state index in [-0.39, 0.29) is 6.42 Å². The number of hydrogen-bond donors (Lipinski definition) is 6. The maximum absolute atomic E-state index is 10.4. The van der Waals surface area contributed by atoms with E-state index in [1.165, 1.54) is 13.8 Å². The van der Waals surface area contributed by atoms with Gasteiger partial charge in [0.2, 0.25) is 0 Å². The van der Waals surface area contributed by atoms with Crippen LogP contribution in [0.25, 0.3) is 10.9 Å². The SMILES string of the molecule is CC(C)(O)[C@@H](O)Cc1cn([C@@H]2O[C@H](CO)[C@@H](O)[C@H](O)[C@H]2O)c2ccccc12. The van der Waals surface area contributed by atoms with Crippen LogP contribution < -0.4 is 0 Å². The lowest BCUT2D eigenvalue weighted by Crippen LogP contribution is -2.56. The summed E-state index contributed by atoms with van der Waals surface area (Å²) in [4.78, 5) is 0. The van der Waals surface area contributed by atoms with E-state index >= 15 is 0 Å². The Kier molecular flexibility index (Phi) is 5.60. The largest absolute Gasteiger partial charge is 0.394 e. The van der Waals surface area contributed by atoms with Crippen LogP contribution in [0.2, 0.25) is 0 Å². The first kappa shape index (κ1) is 20.2. The van der Waals surface area contributed by atoms with Gasteiger partial charge in [-0.05, 0) is 25.5 Å². The molecule has 0 amide bonds. The Hall–Kier alpha value is -1.52. The molecule has 150 valence electrons. The molecule has 27 heavy (non-hydrogen) atoms. The normalized spacial score (nSPS) is 30.6. The second-order valence-corrected chi connectivity index (χ2v) is 7.67. The Labute approximate surface area is 156 Å². The fourth-order valence-corrected chi connectivity index (χ4v) is 3.42. The van der Waals surface area contributed by atoms with Crippen LogP contribution in [0, 0.1) is 0 Å². The van der Waals surface area contributed by atoms with Gasteiger partial charge in [0, 0.05) is 18.0 Å². The molecular formula is C19H27NO7. The first-order valence-corrected chi connectivity index (χ1v) is 8.94. The van der Waals surface area contributed by atoms with Crippen LogP contribution in [0.15, 0.2) is 30.5 Å². The van der Waals surface area contributed by atoms with Crippen LogP contribution >= 0.6 is 0 Å². The molecule has 6 atom stereocenters. The lowest BCUT2D eigenvalue weighted by atomic mass is 9.95. The predicted octanol–water partition coefficient (Wildman–Crippen LogP) is -0.712. The summed E-state index contributed by atoms with van der Waals surface area (Å²) in [5, 5.41) is 61.0. The van der Waals surface area contributed by atoms with E-state index in [4.69, 9.17) is 4.74 Å². The average Bonchev–Trinajstić information content (AvgIpc) is 2.98. The minimum absolute atomic E-state index is 0.175.